The summed E-state index contributed by atoms with van der Waals surface area (Å²) >= 11 is 3.32. The van der Waals surface area contributed by atoms with Gasteiger partial charge in [-0.3, -0.25) is 9.59 Å². The van der Waals surface area contributed by atoms with E-state index in [2.05, 4.69) is 37.5 Å². The molecule has 4 aromatic heterocycles. The Morgan fingerprint density at radius 3 is 2.48 bits per heavy atom. The number of para-hydroxylation sites is 1. The van der Waals surface area contributed by atoms with Crippen LogP contribution in [0.2, 0.25) is 0 Å². The second-order valence-electron chi connectivity index (χ2n) is 16.8. The fourth-order valence-corrected chi connectivity index (χ4v) is 11.3. The van der Waals surface area contributed by atoms with Gasteiger partial charge in [0.25, 0.3) is 0 Å². The third kappa shape index (κ3) is 6.84. The fourth-order valence-electron chi connectivity index (χ4n) is 9.29. The van der Waals surface area contributed by atoms with E-state index in [0.717, 1.165) is 57.8 Å². The van der Waals surface area contributed by atoms with E-state index in [4.69, 9.17) is 4.52 Å². The molecule has 58 heavy (non-hydrogen) atoms. The molecular formula is C44H47N7O5S2. The highest BCUT2D eigenvalue weighted by Gasteiger charge is 2.54. The average Bonchev–Trinajstić information content (AvgIpc) is 3.98. The Kier molecular flexibility index (Phi) is 9.84. The van der Waals surface area contributed by atoms with Crippen LogP contribution in [0.3, 0.4) is 0 Å². The summed E-state index contributed by atoms with van der Waals surface area (Å²) in [6, 6.07) is 18.1. The standard InChI is InChI=1S/C44H47N7O5S2/c1-23(2)38(43(55)51-19-30(52)14-34(51)41(54)46-25(4)27-10-12-28(13-11-27)40-26(5)45-22-57-40)36-16-37(49-56-36)50-20-44(21-50)17-29(18-44)39-24(3)32-15-33(47-48-42(32)58-39)31-8-6-7-9-35(31)53/h6-13,15-16,22-23,25,29-30,34,38,52-53H,14,17-21H2,1-5H3,(H,46,54)/t25-,30+,34-,38+/m0/s1. The highest BCUT2D eigenvalue weighted by Crippen LogP contribution is 2.59. The van der Waals surface area contributed by atoms with Gasteiger partial charge in [0, 0.05) is 53.4 Å². The maximum absolute atomic E-state index is 14.3. The molecule has 2 aliphatic heterocycles. The highest BCUT2D eigenvalue weighted by molar-refractivity contribution is 7.19. The molecule has 3 aliphatic rings. The van der Waals surface area contributed by atoms with Crippen molar-refractivity contribution in [3.63, 3.8) is 0 Å². The van der Waals surface area contributed by atoms with Gasteiger partial charge in [0.1, 0.15) is 22.5 Å². The van der Waals surface area contributed by atoms with E-state index in [9.17, 15) is 19.8 Å². The van der Waals surface area contributed by atoms with Crippen LogP contribution in [0.25, 0.3) is 31.9 Å². The van der Waals surface area contributed by atoms with Crippen molar-refractivity contribution in [2.24, 2.45) is 11.3 Å². The number of β-amino-alcohol motifs (C(OH)–C–C–N with tert-alkyl or cyclic N) is 1. The van der Waals surface area contributed by atoms with Crippen molar-refractivity contribution < 1.29 is 24.3 Å². The Hall–Kier alpha value is -5.18. The van der Waals surface area contributed by atoms with Crippen molar-refractivity contribution >= 4 is 50.5 Å². The van der Waals surface area contributed by atoms with Gasteiger partial charge >= 0.3 is 0 Å². The van der Waals surface area contributed by atoms with Crippen molar-refractivity contribution in [2.45, 2.75) is 83.9 Å². The smallest absolute Gasteiger partial charge is 0.243 e. The molecule has 1 spiro atoms. The first-order chi connectivity index (χ1) is 27.9. The Bertz CT molecular complexity index is 2500. The molecule has 2 saturated heterocycles. The molecule has 1 saturated carbocycles. The Balaban J connectivity index is 0.829. The number of fused-ring (bicyclic) bond motifs is 1. The molecule has 3 N–H and O–H groups in total. The van der Waals surface area contributed by atoms with Crippen LogP contribution in [0.15, 0.2) is 70.7 Å². The number of aromatic hydroxyl groups is 1. The van der Waals surface area contributed by atoms with Gasteiger partial charge < -0.3 is 29.9 Å². The summed E-state index contributed by atoms with van der Waals surface area (Å²) in [5.74, 6) is 0.506. The predicted molar refractivity (Wildman–Crippen MR) is 225 cm³/mol. The number of phenolic OH excluding ortho intramolecular Hbond substituents is 1. The van der Waals surface area contributed by atoms with Crippen LogP contribution < -0.4 is 10.2 Å². The van der Waals surface area contributed by atoms with Crippen LogP contribution in [-0.2, 0) is 9.59 Å². The second kappa shape index (κ2) is 14.9. The van der Waals surface area contributed by atoms with Crippen molar-refractivity contribution in [3.05, 3.63) is 93.6 Å². The van der Waals surface area contributed by atoms with E-state index in [0.29, 0.717) is 28.8 Å². The number of carbonyl (C=O) groups excluding carboxylic acids is 2. The Morgan fingerprint density at radius 1 is 1.02 bits per heavy atom. The fraction of sp³-hybridized carbons (Fsp3) is 0.409. The number of thiophene rings is 1. The van der Waals surface area contributed by atoms with Crippen LogP contribution in [0.5, 0.6) is 5.75 Å². The number of aromatic nitrogens is 4. The molecule has 6 heterocycles. The number of carbonyl (C=O) groups is 2. The molecule has 0 bridgehead atoms. The minimum absolute atomic E-state index is 0.0812. The number of anilines is 1. The number of amides is 2. The van der Waals surface area contributed by atoms with Gasteiger partial charge in [-0.15, -0.1) is 32.9 Å². The predicted octanol–water partition coefficient (Wildman–Crippen LogP) is 7.76. The SMILES string of the molecule is Cc1ncsc1-c1ccc([C@H](C)NC(=O)[C@@H]2C[C@@H](O)CN2C(=O)[C@@H](c2cc(N3CC4(CC(c5sc6nnc(-c7ccccc7O)cc6c5C)C4)C3)no2)C(C)C)cc1. The number of likely N-dealkylation sites (tertiary alicyclic amines) is 1. The zero-order chi connectivity index (χ0) is 40.5. The lowest BCUT2D eigenvalue weighted by molar-refractivity contribution is -0.141. The number of nitrogens with one attached hydrogen (secondary N) is 1. The summed E-state index contributed by atoms with van der Waals surface area (Å²) in [4.78, 5) is 39.5. The topological polar surface area (TPSA) is 158 Å². The van der Waals surface area contributed by atoms with Crippen molar-refractivity contribution in [2.75, 3.05) is 24.5 Å². The van der Waals surface area contributed by atoms with Gasteiger partial charge in [0.05, 0.1) is 33.9 Å². The number of aryl methyl sites for hydroxylation is 2. The van der Waals surface area contributed by atoms with Gasteiger partial charge in [-0.05, 0) is 80.3 Å². The third-order valence-electron chi connectivity index (χ3n) is 12.4. The molecule has 300 valence electrons. The second-order valence-corrected chi connectivity index (χ2v) is 18.7. The molecule has 1 aliphatic carbocycles. The number of thiazole rings is 1. The van der Waals surface area contributed by atoms with Crippen LogP contribution in [0.1, 0.15) is 85.4 Å². The third-order valence-corrected chi connectivity index (χ3v) is 14.8. The van der Waals surface area contributed by atoms with Crippen molar-refractivity contribution in [1.29, 1.82) is 0 Å². The first-order valence-corrected chi connectivity index (χ1v) is 21.6. The lowest BCUT2D eigenvalue weighted by Crippen LogP contribution is -2.62. The number of nitrogens with zero attached hydrogens (tertiary/aromatic N) is 6. The van der Waals surface area contributed by atoms with E-state index in [1.807, 2.05) is 81.7 Å². The number of hydrogen-bond donors (Lipinski definition) is 3. The van der Waals surface area contributed by atoms with E-state index >= 15 is 0 Å². The average molecular weight is 818 g/mol. The molecular weight excluding hydrogens is 771 g/mol. The molecule has 4 atom stereocenters. The van der Waals surface area contributed by atoms with Crippen molar-refractivity contribution in [3.8, 4) is 27.4 Å². The van der Waals surface area contributed by atoms with Crippen LogP contribution in [0.4, 0.5) is 5.82 Å². The Labute approximate surface area is 344 Å². The number of aliphatic hydroxyl groups is 1. The van der Waals surface area contributed by atoms with Gasteiger partial charge in [-0.1, -0.05) is 55.4 Å². The van der Waals surface area contributed by atoms with E-state index in [-0.39, 0.29) is 47.9 Å². The number of hydrogen-bond acceptors (Lipinski definition) is 12. The largest absolute Gasteiger partial charge is 0.507 e. The van der Waals surface area contributed by atoms with Gasteiger partial charge in [-0.25, -0.2) is 4.98 Å². The zero-order valence-electron chi connectivity index (χ0n) is 33.2. The Morgan fingerprint density at radius 2 is 1.78 bits per heavy atom. The zero-order valence-corrected chi connectivity index (χ0v) is 34.8. The maximum Gasteiger partial charge on any atom is 0.243 e. The molecule has 2 amide bonds. The number of benzene rings is 2. The first-order valence-electron chi connectivity index (χ1n) is 19.9. The maximum atomic E-state index is 14.3. The van der Waals surface area contributed by atoms with Crippen LogP contribution in [-0.4, -0.2) is 79.0 Å². The highest BCUT2D eigenvalue weighted by atomic mass is 32.1. The van der Waals surface area contributed by atoms with E-state index < -0.39 is 18.1 Å². The quantitative estimate of drug-likeness (QED) is 0.125. The van der Waals surface area contributed by atoms with Crippen molar-refractivity contribution in [1.82, 2.24) is 30.6 Å². The molecule has 9 rings (SSSR count). The summed E-state index contributed by atoms with van der Waals surface area (Å²) in [5.41, 5.74) is 7.63. The number of rotatable bonds is 10. The molecule has 14 heteroatoms. The normalized spacial score (nSPS) is 20.1. The van der Waals surface area contributed by atoms with Crippen LogP contribution >= 0.6 is 22.7 Å². The molecule has 0 unspecified atom stereocenters. The lowest BCUT2D eigenvalue weighted by atomic mass is 9.57. The molecule has 12 nitrogen and oxygen atoms in total. The van der Waals surface area contributed by atoms with Crippen LogP contribution in [0, 0.1) is 25.2 Å². The van der Waals surface area contributed by atoms with Gasteiger partial charge in [0.15, 0.2) is 11.6 Å². The molecule has 6 aromatic rings. The summed E-state index contributed by atoms with van der Waals surface area (Å²) in [5, 5.41) is 38.6. The number of phenols is 1. The monoisotopic (exact) mass is 817 g/mol. The molecule has 3 fully saturated rings. The van der Waals surface area contributed by atoms with Gasteiger partial charge in [-0.2, -0.15) is 0 Å². The minimum atomic E-state index is -0.802. The summed E-state index contributed by atoms with van der Waals surface area (Å²) in [6.07, 6.45) is 1.52. The summed E-state index contributed by atoms with van der Waals surface area (Å²) in [6.45, 7) is 11.8. The van der Waals surface area contributed by atoms with E-state index in [1.165, 1.54) is 15.3 Å². The minimum Gasteiger partial charge on any atom is -0.507 e. The summed E-state index contributed by atoms with van der Waals surface area (Å²) in [7, 11) is 0. The van der Waals surface area contributed by atoms with E-state index in [1.54, 1.807) is 34.8 Å². The number of aliphatic hydroxyl groups excluding tert-OH is 1. The first kappa shape index (κ1) is 38.3. The molecule has 0 radical (unpaired) electrons. The van der Waals surface area contributed by atoms with Gasteiger partial charge in [0.2, 0.25) is 11.8 Å². The molecule has 2 aromatic carbocycles. The lowest BCUT2D eigenvalue weighted by Gasteiger charge is -2.59. The summed E-state index contributed by atoms with van der Waals surface area (Å²) < 4.78 is 5.89.